The summed E-state index contributed by atoms with van der Waals surface area (Å²) in [6.45, 7) is -0.0264. The van der Waals surface area contributed by atoms with Gasteiger partial charge in [-0.1, -0.05) is 6.07 Å². The summed E-state index contributed by atoms with van der Waals surface area (Å²) < 4.78 is 13.4. The van der Waals surface area contributed by atoms with Crippen molar-refractivity contribution in [1.82, 2.24) is 0 Å². The van der Waals surface area contributed by atoms with Gasteiger partial charge in [0.25, 0.3) is 0 Å². The van der Waals surface area contributed by atoms with E-state index in [0.29, 0.717) is 12.2 Å². The lowest BCUT2D eigenvalue weighted by Gasteiger charge is -2.17. The highest BCUT2D eigenvalue weighted by Crippen LogP contribution is 2.28. The molecule has 7 heteroatoms. The van der Waals surface area contributed by atoms with Gasteiger partial charge in [-0.25, -0.2) is 0 Å². The van der Waals surface area contributed by atoms with Crippen molar-refractivity contribution in [3.05, 3.63) is 34.1 Å². The number of nitrogens with one attached hydrogen (secondary N) is 1. The number of halogens is 1. The van der Waals surface area contributed by atoms with Crippen LogP contribution < -0.4 is 5.32 Å². The molecule has 0 spiro atoms. The van der Waals surface area contributed by atoms with Crippen LogP contribution in [0.25, 0.3) is 0 Å². The number of hydrogen-bond acceptors (Lipinski definition) is 5. The average molecular weight is 274 g/mol. The van der Waals surface area contributed by atoms with Crippen molar-refractivity contribution >= 4 is 23.1 Å². The van der Waals surface area contributed by atoms with Crippen molar-refractivity contribution in [3.8, 4) is 0 Å². The van der Waals surface area contributed by atoms with Crippen LogP contribution in [0.5, 0.6) is 0 Å². The summed E-state index contributed by atoms with van der Waals surface area (Å²) >= 11 is 1.55. The molecule has 0 aliphatic rings. The number of rotatable bonds is 7. The molecule has 5 nitrogen and oxygen atoms in total. The molecule has 0 amide bonds. The average Bonchev–Trinajstić information content (AvgIpc) is 2.29. The topological polar surface area (TPSA) is 75.4 Å². The van der Waals surface area contributed by atoms with Crippen molar-refractivity contribution in [1.29, 1.82) is 0 Å². The first kappa shape index (κ1) is 14.7. The summed E-state index contributed by atoms with van der Waals surface area (Å²) in [6.07, 6.45) is 2.35. The zero-order valence-corrected chi connectivity index (χ0v) is 10.7. The third-order valence-corrected chi connectivity index (χ3v) is 3.11. The smallest absolute Gasteiger partial charge is 0.327 e. The van der Waals surface area contributed by atoms with Crippen molar-refractivity contribution < 1.29 is 14.4 Å². The third-order valence-electron chi connectivity index (χ3n) is 2.37. The Morgan fingerprint density at radius 2 is 2.33 bits per heavy atom. The van der Waals surface area contributed by atoms with E-state index in [1.165, 1.54) is 12.1 Å². The Kier molecular flexibility index (Phi) is 5.87. The van der Waals surface area contributed by atoms with E-state index in [1.807, 2.05) is 6.26 Å². The minimum atomic E-state index is -0.864. The molecule has 1 aromatic rings. The second-order valence-corrected chi connectivity index (χ2v) is 4.61. The number of aliphatic hydroxyl groups is 1. The highest BCUT2D eigenvalue weighted by Gasteiger charge is 2.21. The largest absolute Gasteiger partial charge is 0.396 e. The van der Waals surface area contributed by atoms with Crippen LogP contribution in [-0.4, -0.2) is 34.7 Å². The maximum absolute atomic E-state index is 13.4. The number of para-hydroxylation sites is 1. The quantitative estimate of drug-likeness (QED) is 0.589. The molecule has 1 aromatic carbocycles. The minimum Gasteiger partial charge on any atom is -0.396 e. The molecule has 0 unspecified atom stereocenters. The van der Waals surface area contributed by atoms with E-state index in [2.05, 4.69) is 5.32 Å². The molecule has 0 bridgehead atoms. The summed E-state index contributed by atoms with van der Waals surface area (Å²) in [4.78, 5) is 10.1. The fourth-order valence-electron chi connectivity index (χ4n) is 1.59. The molecule has 100 valence electrons. The summed E-state index contributed by atoms with van der Waals surface area (Å²) in [5.74, 6) is -0.189. The fraction of sp³-hybridized carbons (Fsp3) is 0.455. The fourth-order valence-corrected chi connectivity index (χ4v) is 2.24. The Morgan fingerprint density at radius 3 is 2.89 bits per heavy atom. The molecule has 0 aliphatic carbocycles. The Balaban J connectivity index is 2.94. The standard InChI is InChI=1S/C11H15FN2O3S/c1-18-7-8(5-6-15)13-10-4-2-3-9(12)11(10)14(16)17/h2-4,8,13,15H,5-7H2,1H3/t8-/m1/s1. The van der Waals surface area contributed by atoms with Crippen LogP contribution in [0.1, 0.15) is 6.42 Å². The molecular formula is C11H15FN2O3S. The van der Waals surface area contributed by atoms with Gasteiger partial charge in [-0.15, -0.1) is 0 Å². The SMILES string of the molecule is CSC[C@@H](CCO)Nc1cccc(F)c1[N+](=O)[O-]. The van der Waals surface area contributed by atoms with Crippen molar-refractivity contribution in [3.63, 3.8) is 0 Å². The number of nitrogens with zero attached hydrogens (tertiary/aromatic N) is 1. The molecule has 18 heavy (non-hydrogen) atoms. The Hall–Kier alpha value is -1.34. The molecule has 2 N–H and O–H groups in total. The number of thioether (sulfide) groups is 1. The second-order valence-electron chi connectivity index (χ2n) is 3.70. The van der Waals surface area contributed by atoms with Crippen LogP contribution >= 0.6 is 11.8 Å². The predicted octanol–water partition coefficient (Wildman–Crippen LogP) is 2.26. The number of nitro benzene ring substituents is 1. The van der Waals surface area contributed by atoms with Crippen molar-refractivity contribution in [2.45, 2.75) is 12.5 Å². The Labute approximate surface area is 109 Å². The zero-order chi connectivity index (χ0) is 13.5. The first-order valence-corrected chi connectivity index (χ1v) is 6.78. The lowest BCUT2D eigenvalue weighted by atomic mass is 10.2. The van der Waals surface area contributed by atoms with Gasteiger partial charge in [0.05, 0.1) is 4.92 Å². The molecule has 1 rings (SSSR count). The van der Waals surface area contributed by atoms with Gasteiger partial charge in [0.15, 0.2) is 0 Å². The van der Waals surface area contributed by atoms with Crippen molar-refractivity contribution in [2.24, 2.45) is 0 Å². The van der Waals surface area contributed by atoms with Gasteiger partial charge in [-0.05, 0) is 24.8 Å². The van der Waals surface area contributed by atoms with E-state index in [4.69, 9.17) is 5.11 Å². The lowest BCUT2D eigenvalue weighted by molar-refractivity contribution is -0.386. The molecule has 0 fully saturated rings. The van der Waals surface area contributed by atoms with E-state index < -0.39 is 16.4 Å². The minimum absolute atomic E-state index is 0.0264. The molecule has 0 aliphatic heterocycles. The van der Waals surface area contributed by atoms with Gasteiger partial charge < -0.3 is 10.4 Å². The van der Waals surface area contributed by atoms with Crippen LogP contribution in [-0.2, 0) is 0 Å². The van der Waals surface area contributed by atoms with E-state index in [0.717, 1.165) is 6.07 Å². The maximum Gasteiger partial charge on any atom is 0.327 e. The number of benzene rings is 1. The third kappa shape index (κ3) is 3.85. The Bertz CT molecular complexity index is 411. The van der Waals surface area contributed by atoms with E-state index >= 15 is 0 Å². The second kappa shape index (κ2) is 7.17. The van der Waals surface area contributed by atoms with Crippen LogP contribution in [0, 0.1) is 15.9 Å². The molecule has 0 radical (unpaired) electrons. The molecule has 0 heterocycles. The number of nitro groups is 1. The van der Waals surface area contributed by atoms with Crippen LogP contribution in [0.2, 0.25) is 0 Å². The lowest BCUT2D eigenvalue weighted by Crippen LogP contribution is -2.24. The van der Waals surface area contributed by atoms with E-state index in [9.17, 15) is 14.5 Å². The van der Waals surface area contributed by atoms with E-state index in [1.54, 1.807) is 11.8 Å². The molecule has 0 aromatic heterocycles. The van der Waals surface area contributed by atoms with Crippen molar-refractivity contribution in [2.75, 3.05) is 23.9 Å². The van der Waals surface area contributed by atoms with Crippen LogP contribution in [0.4, 0.5) is 15.8 Å². The molecule has 1 atom stereocenters. The summed E-state index contributed by atoms with van der Waals surface area (Å²) in [6, 6.07) is 3.80. The Morgan fingerprint density at radius 1 is 1.61 bits per heavy atom. The van der Waals surface area contributed by atoms with Crippen LogP contribution in [0.15, 0.2) is 18.2 Å². The summed E-state index contributed by atoms with van der Waals surface area (Å²) in [5, 5.41) is 22.6. The van der Waals surface area contributed by atoms with Crippen LogP contribution in [0.3, 0.4) is 0 Å². The molecule has 0 saturated heterocycles. The van der Waals surface area contributed by atoms with Gasteiger partial charge in [0.2, 0.25) is 5.82 Å². The predicted molar refractivity (Wildman–Crippen MR) is 70.5 cm³/mol. The first-order chi connectivity index (χ1) is 8.60. The zero-order valence-electron chi connectivity index (χ0n) is 9.93. The highest BCUT2D eigenvalue weighted by atomic mass is 32.2. The first-order valence-electron chi connectivity index (χ1n) is 5.39. The highest BCUT2D eigenvalue weighted by molar-refractivity contribution is 7.98. The monoisotopic (exact) mass is 274 g/mol. The summed E-state index contributed by atoms with van der Waals surface area (Å²) in [5.41, 5.74) is -0.408. The van der Waals surface area contributed by atoms with Gasteiger partial charge in [0.1, 0.15) is 5.69 Å². The van der Waals surface area contributed by atoms with Gasteiger partial charge in [0, 0.05) is 18.4 Å². The van der Waals surface area contributed by atoms with E-state index in [-0.39, 0.29) is 18.3 Å². The van der Waals surface area contributed by atoms with Gasteiger partial charge >= 0.3 is 5.69 Å². The normalized spacial score (nSPS) is 12.2. The maximum atomic E-state index is 13.4. The van der Waals surface area contributed by atoms with Gasteiger partial charge in [-0.3, -0.25) is 10.1 Å². The number of anilines is 1. The molecule has 0 saturated carbocycles. The number of aliphatic hydroxyl groups excluding tert-OH is 1. The van der Waals surface area contributed by atoms with Gasteiger partial charge in [-0.2, -0.15) is 16.2 Å². The summed E-state index contributed by atoms with van der Waals surface area (Å²) in [7, 11) is 0. The molecular weight excluding hydrogens is 259 g/mol. The number of hydrogen-bond donors (Lipinski definition) is 2.